The summed E-state index contributed by atoms with van der Waals surface area (Å²) in [5, 5.41) is 7.72. The maximum atomic E-state index is 5.59. The average molecular weight is 239 g/mol. The predicted octanol–water partition coefficient (Wildman–Crippen LogP) is 1.76. The number of nitrogens with one attached hydrogen (secondary N) is 1. The van der Waals surface area contributed by atoms with Gasteiger partial charge in [-0.05, 0) is 24.9 Å². The highest BCUT2D eigenvalue weighted by molar-refractivity contribution is 5.07. The second-order valence-corrected chi connectivity index (χ2v) is 4.45. The molecule has 1 heterocycles. The van der Waals surface area contributed by atoms with Crippen LogP contribution in [-0.2, 0) is 18.2 Å². The summed E-state index contributed by atoms with van der Waals surface area (Å²) in [7, 11) is 3.75. The lowest BCUT2D eigenvalue weighted by Crippen LogP contribution is -2.42. The number of aromatic nitrogens is 2. The molecule has 1 aromatic rings. The van der Waals surface area contributed by atoms with Gasteiger partial charge in [0, 0.05) is 26.4 Å². The third-order valence-electron chi connectivity index (χ3n) is 3.01. The fourth-order valence-corrected chi connectivity index (χ4v) is 2.20. The Morgan fingerprint density at radius 1 is 1.47 bits per heavy atom. The fourth-order valence-electron chi connectivity index (χ4n) is 2.20. The summed E-state index contributed by atoms with van der Waals surface area (Å²) in [5.74, 6) is 0. The molecule has 0 radical (unpaired) electrons. The molecule has 0 amide bonds. The van der Waals surface area contributed by atoms with Gasteiger partial charge in [-0.3, -0.25) is 4.68 Å². The third-order valence-corrected chi connectivity index (χ3v) is 3.01. The van der Waals surface area contributed by atoms with E-state index in [2.05, 4.69) is 30.5 Å². The van der Waals surface area contributed by atoms with Gasteiger partial charge < -0.3 is 10.1 Å². The Morgan fingerprint density at radius 3 is 2.71 bits per heavy atom. The quantitative estimate of drug-likeness (QED) is 0.751. The maximum Gasteiger partial charge on any atom is 0.0727 e. The van der Waals surface area contributed by atoms with Gasteiger partial charge in [-0.2, -0.15) is 5.10 Å². The molecule has 17 heavy (non-hydrogen) atoms. The number of ether oxygens (including phenoxy) is 1. The Morgan fingerprint density at radius 2 is 2.24 bits per heavy atom. The molecule has 0 fully saturated rings. The summed E-state index contributed by atoms with van der Waals surface area (Å²) in [6.07, 6.45) is 7.49. The molecular weight excluding hydrogens is 214 g/mol. The summed E-state index contributed by atoms with van der Waals surface area (Å²) in [6, 6.07) is 0.370. The van der Waals surface area contributed by atoms with Gasteiger partial charge >= 0.3 is 0 Å². The van der Waals surface area contributed by atoms with Crippen LogP contribution >= 0.6 is 0 Å². The summed E-state index contributed by atoms with van der Waals surface area (Å²) in [5.41, 5.74) is 1.26. The van der Waals surface area contributed by atoms with Crippen LogP contribution < -0.4 is 5.32 Å². The van der Waals surface area contributed by atoms with Crippen molar-refractivity contribution in [2.24, 2.45) is 7.05 Å². The van der Waals surface area contributed by atoms with E-state index in [0.717, 1.165) is 25.8 Å². The normalized spacial score (nSPS) is 14.8. The molecule has 0 aliphatic rings. The first kappa shape index (κ1) is 14.2. The molecule has 4 heteroatoms. The average Bonchev–Trinajstić information content (AvgIpc) is 2.71. The van der Waals surface area contributed by atoms with E-state index >= 15 is 0 Å². The Kier molecular flexibility index (Phi) is 6.22. The summed E-state index contributed by atoms with van der Waals surface area (Å²) >= 11 is 0. The largest absolute Gasteiger partial charge is 0.380 e. The minimum atomic E-state index is 0.278. The van der Waals surface area contributed by atoms with Gasteiger partial charge in [-0.15, -0.1) is 0 Å². The SMILES string of the molecule is CCCC(OC)C(Cc1cnn(C)c1)NCC. The summed E-state index contributed by atoms with van der Waals surface area (Å²) in [6.45, 7) is 5.29. The first-order chi connectivity index (χ1) is 8.21. The molecule has 98 valence electrons. The zero-order chi connectivity index (χ0) is 12.7. The Bertz CT molecular complexity index is 311. The van der Waals surface area contributed by atoms with Crippen LogP contribution in [0.5, 0.6) is 0 Å². The highest BCUT2D eigenvalue weighted by Crippen LogP contribution is 2.12. The smallest absolute Gasteiger partial charge is 0.0727 e. The predicted molar refractivity (Wildman–Crippen MR) is 70.1 cm³/mol. The number of rotatable bonds is 8. The third kappa shape index (κ3) is 4.48. The van der Waals surface area contributed by atoms with Crippen molar-refractivity contribution in [1.82, 2.24) is 15.1 Å². The van der Waals surface area contributed by atoms with Crippen LogP contribution in [0.25, 0.3) is 0 Å². The van der Waals surface area contributed by atoms with E-state index < -0.39 is 0 Å². The minimum Gasteiger partial charge on any atom is -0.380 e. The van der Waals surface area contributed by atoms with Gasteiger partial charge in [0.2, 0.25) is 0 Å². The summed E-state index contributed by atoms with van der Waals surface area (Å²) in [4.78, 5) is 0. The Labute approximate surface area is 104 Å². The fraction of sp³-hybridized carbons (Fsp3) is 0.769. The lowest BCUT2D eigenvalue weighted by Gasteiger charge is -2.26. The second-order valence-electron chi connectivity index (χ2n) is 4.45. The van der Waals surface area contributed by atoms with Crippen LogP contribution in [-0.4, -0.2) is 35.6 Å². The van der Waals surface area contributed by atoms with E-state index in [9.17, 15) is 0 Å². The maximum absolute atomic E-state index is 5.59. The lowest BCUT2D eigenvalue weighted by atomic mass is 10.00. The number of hydrogen-bond donors (Lipinski definition) is 1. The molecule has 2 unspecified atom stereocenters. The molecule has 0 bridgehead atoms. The number of hydrogen-bond acceptors (Lipinski definition) is 3. The lowest BCUT2D eigenvalue weighted by molar-refractivity contribution is 0.0614. The first-order valence-corrected chi connectivity index (χ1v) is 6.44. The van der Waals surface area contributed by atoms with E-state index in [-0.39, 0.29) is 6.10 Å². The van der Waals surface area contributed by atoms with Crippen molar-refractivity contribution < 1.29 is 4.74 Å². The van der Waals surface area contributed by atoms with Gasteiger partial charge in [0.25, 0.3) is 0 Å². The molecule has 1 N–H and O–H groups in total. The van der Waals surface area contributed by atoms with Crippen molar-refractivity contribution in [2.75, 3.05) is 13.7 Å². The topological polar surface area (TPSA) is 39.1 Å². The second kappa shape index (κ2) is 7.45. The van der Waals surface area contributed by atoms with Crippen molar-refractivity contribution in [1.29, 1.82) is 0 Å². The van der Waals surface area contributed by atoms with Crippen molar-refractivity contribution >= 4 is 0 Å². The Hall–Kier alpha value is -0.870. The molecule has 4 nitrogen and oxygen atoms in total. The molecule has 2 atom stereocenters. The van der Waals surface area contributed by atoms with Gasteiger partial charge in [0.05, 0.1) is 12.3 Å². The standard InChI is InChI=1S/C13H25N3O/c1-5-7-13(17-4)12(14-6-2)8-11-9-15-16(3)10-11/h9-10,12-14H,5-8H2,1-4H3. The number of nitrogens with zero attached hydrogens (tertiary/aromatic N) is 2. The number of likely N-dealkylation sites (N-methyl/N-ethyl adjacent to an activating group) is 1. The number of aryl methyl sites for hydroxylation is 1. The minimum absolute atomic E-state index is 0.278. The van der Waals surface area contributed by atoms with Crippen molar-refractivity contribution in [3.63, 3.8) is 0 Å². The molecular formula is C13H25N3O. The Balaban J connectivity index is 2.63. The van der Waals surface area contributed by atoms with Crippen molar-refractivity contribution in [2.45, 2.75) is 45.3 Å². The van der Waals surface area contributed by atoms with Crippen LogP contribution in [0.15, 0.2) is 12.4 Å². The first-order valence-electron chi connectivity index (χ1n) is 6.44. The highest BCUT2D eigenvalue weighted by Gasteiger charge is 2.20. The van der Waals surface area contributed by atoms with Gasteiger partial charge in [0.15, 0.2) is 0 Å². The zero-order valence-corrected chi connectivity index (χ0v) is 11.4. The van der Waals surface area contributed by atoms with Crippen molar-refractivity contribution in [3.05, 3.63) is 18.0 Å². The summed E-state index contributed by atoms with van der Waals surface area (Å²) < 4.78 is 7.44. The van der Waals surface area contributed by atoms with Gasteiger partial charge in [-0.1, -0.05) is 20.3 Å². The highest BCUT2D eigenvalue weighted by atomic mass is 16.5. The molecule has 0 aromatic carbocycles. The van der Waals surface area contributed by atoms with Crippen LogP contribution in [0.3, 0.4) is 0 Å². The molecule has 1 rings (SSSR count). The van der Waals surface area contributed by atoms with Crippen LogP contribution in [0.1, 0.15) is 32.3 Å². The van der Waals surface area contributed by atoms with E-state index in [1.165, 1.54) is 5.56 Å². The molecule has 1 aromatic heterocycles. The molecule has 0 saturated heterocycles. The van der Waals surface area contributed by atoms with Crippen LogP contribution in [0.2, 0.25) is 0 Å². The molecule has 0 spiro atoms. The zero-order valence-electron chi connectivity index (χ0n) is 11.4. The molecule has 0 aliphatic heterocycles. The van der Waals surface area contributed by atoms with E-state index in [1.54, 1.807) is 7.11 Å². The number of methoxy groups -OCH3 is 1. The molecule has 0 saturated carbocycles. The van der Waals surface area contributed by atoms with Gasteiger partial charge in [0.1, 0.15) is 0 Å². The monoisotopic (exact) mass is 239 g/mol. The van der Waals surface area contributed by atoms with Gasteiger partial charge in [-0.25, -0.2) is 0 Å². The van der Waals surface area contributed by atoms with Crippen LogP contribution in [0, 0.1) is 0 Å². The van der Waals surface area contributed by atoms with E-state index in [0.29, 0.717) is 6.04 Å². The van der Waals surface area contributed by atoms with E-state index in [4.69, 9.17) is 4.74 Å². The van der Waals surface area contributed by atoms with Crippen molar-refractivity contribution in [3.8, 4) is 0 Å². The van der Waals surface area contributed by atoms with Crippen LogP contribution in [0.4, 0.5) is 0 Å². The molecule has 0 aliphatic carbocycles. The van der Waals surface area contributed by atoms with E-state index in [1.807, 2.05) is 17.9 Å².